The van der Waals surface area contributed by atoms with E-state index in [1.54, 1.807) is 6.26 Å². The maximum absolute atomic E-state index is 12.3. The standard InChI is InChI=1S/C20H17ClN2O2S/c1-3-19(24)23-9-16(15-8-18(21)26-17(15)10-23)13-6-4-5-7-14(13)20-22-12(2)11-25-20/h3-8,11,16H,1,9-10H2,2H3/t16-/m1/s1. The second-order valence-electron chi connectivity index (χ2n) is 6.29. The highest BCUT2D eigenvalue weighted by Gasteiger charge is 2.32. The minimum absolute atomic E-state index is 0.00908. The molecule has 1 atom stereocenters. The van der Waals surface area contributed by atoms with Crippen molar-refractivity contribution in [2.45, 2.75) is 19.4 Å². The number of aromatic nitrogens is 1. The molecule has 0 fully saturated rings. The van der Waals surface area contributed by atoms with Gasteiger partial charge in [0.15, 0.2) is 0 Å². The topological polar surface area (TPSA) is 46.3 Å². The third kappa shape index (κ3) is 2.97. The van der Waals surface area contributed by atoms with Crippen LogP contribution >= 0.6 is 22.9 Å². The number of amides is 1. The van der Waals surface area contributed by atoms with Gasteiger partial charge in [0.2, 0.25) is 11.8 Å². The second kappa shape index (κ2) is 6.74. The van der Waals surface area contributed by atoms with Gasteiger partial charge >= 0.3 is 0 Å². The van der Waals surface area contributed by atoms with Crippen LogP contribution in [-0.2, 0) is 11.3 Å². The van der Waals surface area contributed by atoms with E-state index >= 15 is 0 Å². The molecule has 1 amide bonds. The Morgan fingerprint density at radius 3 is 2.96 bits per heavy atom. The van der Waals surface area contributed by atoms with Gasteiger partial charge in [0.25, 0.3) is 0 Å². The van der Waals surface area contributed by atoms with Gasteiger partial charge in [-0.2, -0.15) is 0 Å². The summed E-state index contributed by atoms with van der Waals surface area (Å²) in [6.45, 7) is 6.66. The number of nitrogens with zero attached hydrogens (tertiary/aromatic N) is 2. The van der Waals surface area contributed by atoms with Gasteiger partial charge in [-0.25, -0.2) is 4.98 Å². The molecule has 1 aliphatic rings. The van der Waals surface area contributed by atoms with Crippen LogP contribution in [-0.4, -0.2) is 22.3 Å². The maximum atomic E-state index is 12.3. The fourth-order valence-electron chi connectivity index (χ4n) is 3.42. The number of thiophene rings is 1. The molecule has 4 rings (SSSR count). The largest absolute Gasteiger partial charge is 0.444 e. The number of hydrogen-bond acceptors (Lipinski definition) is 4. The maximum Gasteiger partial charge on any atom is 0.246 e. The summed E-state index contributed by atoms with van der Waals surface area (Å²) >= 11 is 7.81. The van der Waals surface area contributed by atoms with Crippen molar-refractivity contribution in [3.05, 3.63) is 75.3 Å². The number of benzene rings is 1. The molecule has 0 unspecified atom stereocenters. The predicted octanol–water partition coefficient (Wildman–Crippen LogP) is 5.03. The van der Waals surface area contributed by atoms with Crippen molar-refractivity contribution in [1.82, 2.24) is 9.88 Å². The molecule has 3 heterocycles. The second-order valence-corrected chi connectivity index (χ2v) is 8.05. The van der Waals surface area contributed by atoms with E-state index in [0.717, 1.165) is 26.0 Å². The van der Waals surface area contributed by atoms with Crippen LogP contribution in [0.25, 0.3) is 11.5 Å². The lowest BCUT2D eigenvalue weighted by atomic mass is 9.85. The summed E-state index contributed by atoms with van der Waals surface area (Å²) in [5.41, 5.74) is 4.02. The van der Waals surface area contributed by atoms with E-state index in [-0.39, 0.29) is 11.8 Å². The Morgan fingerprint density at radius 2 is 2.23 bits per heavy atom. The Bertz CT molecular complexity index is 991. The van der Waals surface area contributed by atoms with Gasteiger partial charge < -0.3 is 9.32 Å². The summed E-state index contributed by atoms with van der Waals surface area (Å²) in [4.78, 5) is 19.7. The van der Waals surface area contributed by atoms with Crippen LogP contribution in [0.2, 0.25) is 4.34 Å². The van der Waals surface area contributed by atoms with Crippen molar-refractivity contribution in [3.8, 4) is 11.5 Å². The Hall–Kier alpha value is -2.37. The van der Waals surface area contributed by atoms with E-state index in [9.17, 15) is 4.79 Å². The van der Waals surface area contributed by atoms with Gasteiger partial charge in [-0.05, 0) is 36.3 Å². The van der Waals surface area contributed by atoms with E-state index in [1.165, 1.54) is 23.0 Å². The Morgan fingerprint density at radius 1 is 1.42 bits per heavy atom. The van der Waals surface area contributed by atoms with Crippen LogP contribution < -0.4 is 0 Å². The SMILES string of the molecule is C=CC(=O)N1Cc2sc(Cl)cc2[C@@H](c2ccccc2-c2nc(C)co2)C1. The molecule has 6 heteroatoms. The van der Waals surface area contributed by atoms with Gasteiger partial charge in [-0.15, -0.1) is 11.3 Å². The summed E-state index contributed by atoms with van der Waals surface area (Å²) in [6, 6.07) is 10.0. The molecule has 132 valence electrons. The summed E-state index contributed by atoms with van der Waals surface area (Å²) in [5, 5.41) is 0. The molecule has 0 aliphatic carbocycles. The smallest absolute Gasteiger partial charge is 0.246 e. The number of aryl methyl sites for hydroxylation is 1. The minimum Gasteiger partial charge on any atom is -0.444 e. The van der Waals surface area contributed by atoms with Crippen molar-refractivity contribution in [2.75, 3.05) is 6.54 Å². The van der Waals surface area contributed by atoms with Gasteiger partial charge in [0.05, 0.1) is 16.6 Å². The van der Waals surface area contributed by atoms with Crippen LogP contribution in [0.5, 0.6) is 0 Å². The summed E-state index contributed by atoms with van der Waals surface area (Å²) < 4.78 is 6.37. The van der Waals surface area contributed by atoms with Crippen molar-refractivity contribution in [2.24, 2.45) is 0 Å². The van der Waals surface area contributed by atoms with Gasteiger partial charge in [0, 0.05) is 22.9 Å². The van der Waals surface area contributed by atoms with Crippen LogP contribution in [0.1, 0.15) is 27.6 Å². The molecule has 0 spiro atoms. The molecule has 1 aromatic carbocycles. The Balaban J connectivity index is 1.84. The van der Waals surface area contributed by atoms with Gasteiger partial charge in [-0.1, -0.05) is 36.4 Å². The molecule has 0 saturated carbocycles. The van der Waals surface area contributed by atoms with E-state index in [1.807, 2.05) is 36.1 Å². The molecule has 4 nitrogen and oxygen atoms in total. The lowest BCUT2D eigenvalue weighted by Gasteiger charge is -2.33. The van der Waals surface area contributed by atoms with Crippen LogP contribution in [0, 0.1) is 6.92 Å². The van der Waals surface area contributed by atoms with Crippen molar-refractivity contribution >= 4 is 28.8 Å². The highest BCUT2D eigenvalue weighted by molar-refractivity contribution is 7.16. The third-order valence-corrected chi connectivity index (χ3v) is 5.86. The normalized spacial score (nSPS) is 16.4. The molecular formula is C20H17ClN2O2S. The highest BCUT2D eigenvalue weighted by atomic mass is 35.5. The number of rotatable bonds is 3. The Kier molecular flexibility index (Phi) is 4.42. The molecule has 0 saturated heterocycles. The number of fused-ring (bicyclic) bond motifs is 1. The van der Waals surface area contributed by atoms with Crippen molar-refractivity contribution < 1.29 is 9.21 Å². The zero-order valence-electron chi connectivity index (χ0n) is 14.2. The summed E-state index contributed by atoms with van der Waals surface area (Å²) in [5.74, 6) is 0.526. The van der Waals surface area contributed by atoms with Gasteiger partial charge in [0.1, 0.15) is 6.26 Å². The molecule has 2 aromatic heterocycles. The van der Waals surface area contributed by atoms with Crippen molar-refractivity contribution in [1.29, 1.82) is 0 Å². The monoisotopic (exact) mass is 384 g/mol. The first-order valence-electron chi connectivity index (χ1n) is 8.27. The van der Waals surface area contributed by atoms with Crippen molar-refractivity contribution in [3.63, 3.8) is 0 Å². The van der Waals surface area contributed by atoms with Crippen LogP contribution in [0.4, 0.5) is 0 Å². The molecule has 3 aromatic rings. The first-order chi connectivity index (χ1) is 12.6. The summed E-state index contributed by atoms with van der Waals surface area (Å²) in [7, 11) is 0. The quantitative estimate of drug-likeness (QED) is 0.595. The molecular weight excluding hydrogens is 368 g/mol. The number of halogens is 1. The zero-order chi connectivity index (χ0) is 18.3. The van der Waals surface area contributed by atoms with E-state index in [2.05, 4.69) is 17.6 Å². The molecule has 0 bridgehead atoms. The third-order valence-electron chi connectivity index (χ3n) is 4.60. The molecule has 0 N–H and O–H groups in total. The lowest BCUT2D eigenvalue weighted by molar-refractivity contribution is -0.127. The number of carbonyl (C=O) groups is 1. The minimum atomic E-state index is -0.0744. The van der Waals surface area contributed by atoms with E-state index in [4.69, 9.17) is 16.0 Å². The fourth-order valence-corrected chi connectivity index (χ4v) is 4.78. The average Bonchev–Trinajstić information content (AvgIpc) is 3.24. The average molecular weight is 385 g/mol. The predicted molar refractivity (Wildman–Crippen MR) is 103 cm³/mol. The first-order valence-corrected chi connectivity index (χ1v) is 9.47. The number of hydrogen-bond donors (Lipinski definition) is 0. The number of carbonyl (C=O) groups excluding carboxylic acids is 1. The van der Waals surface area contributed by atoms with Crippen LogP contribution in [0.15, 0.2) is 53.7 Å². The lowest BCUT2D eigenvalue weighted by Crippen LogP contribution is -2.37. The van der Waals surface area contributed by atoms with E-state index in [0.29, 0.717) is 19.0 Å². The fraction of sp³-hybridized carbons (Fsp3) is 0.200. The molecule has 26 heavy (non-hydrogen) atoms. The molecule has 0 radical (unpaired) electrons. The first kappa shape index (κ1) is 17.1. The van der Waals surface area contributed by atoms with E-state index < -0.39 is 0 Å². The van der Waals surface area contributed by atoms with Gasteiger partial charge in [-0.3, -0.25) is 4.79 Å². The molecule has 1 aliphatic heterocycles. The Labute approximate surface area is 160 Å². The summed E-state index contributed by atoms with van der Waals surface area (Å²) in [6.07, 6.45) is 3.01. The van der Waals surface area contributed by atoms with Crippen LogP contribution in [0.3, 0.4) is 0 Å². The highest BCUT2D eigenvalue weighted by Crippen LogP contribution is 2.42. The number of oxazole rings is 1. The zero-order valence-corrected chi connectivity index (χ0v) is 15.8.